The summed E-state index contributed by atoms with van der Waals surface area (Å²) in [6.45, 7) is 1.70. The van der Waals surface area contributed by atoms with E-state index in [4.69, 9.17) is 24.9 Å². The number of hydrogen-bond donors (Lipinski definition) is 4. The van der Waals surface area contributed by atoms with Gasteiger partial charge in [-0.3, -0.25) is 14.4 Å². The molecule has 0 unspecified atom stereocenters. The Hall–Kier alpha value is 2.79. The average molecular weight is 493 g/mol. The predicted molar refractivity (Wildman–Crippen MR) is 72.0 cm³/mol. The number of carbonyl (C=O) groups excluding carboxylic acids is 1. The van der Waals surface area contributed by atoms with Gasteiger partial charge in [0.2, 0.25) is 5.12 Å². The maximum absolute atomic E-state index is 9.43. The number of aliphatic hydroxyl groups is 1. The van der Waals surface area contributed by atoms with Crippen molar-refractivity contribution < 1.29 is 49.2 Å². The molecule has 96 valence electrons. The summed E-state index contributed by atoms with van der Waals surface area (Å²) in [5.41, 5.74) is 0. The zero-order valence-corrected chi connectivity index (χ0v) is 13.0. The molecule has 0 fully saturated rings. The molecule has 6 nitrogen and oxygen atoms in total. The molecule has 3 N–H and O–H groups in total. The van der Waals surface area contributed by atoms with Crippen molar-refractivity contribution >= 4 is 133 Å². The van der Waals surface area contributed by atoms with Gasteiger partial charge in [-0.05, 0) is 0 Å². The van der Waals surface area contributed by atoms with E-state index in [2.05, 4.69) is 12.6 Å². The summed E-state index contributed by atoms with van der Waals surface area (Å²) in [7, 11) is 0. The minimum Gasteiger partial charge on any atom is 0 e. The summed E-state index contributed by atoms with van der Waals surface area (Å²) in [6.07, 6.45) is 0. The van der Waals surface area contributed by atoms with Crippen LogP contribution >= 0.6 is 25.0 Å². The van der Waals surface area contributed by atoms with Crippen LogP contribution in [0.25, 0.3) is 0 Å². The number of carboxylic acid groups (broad SMARTS) is 2. The van der Waals surface area contributed by atoms with Gasteiger partial charge in [-0.15, -0.1) is 25.0 Å². The quantitative estimate of drug-likeness (QED) is 0.254. The van der Waals surface area contributed by atoms with Crippen LogP contribution in [-0.4, -0.2) is 130 Å². The Morgan fingerprint density at radius 3 is 1.06 bits per heavy atom. The van der Waals surface area contributed by atoms with Crippen molar-refractivity contribution in [2.75, 3.05) is 6.61 Å². The van der Waals surface area contributed by atoms with Crippen LogP contribution in [0.2, 0.25) is 0 Å². The van der Waals surface area contributed by atoms with Gasteiger partial charge in [0.1, 0.15) is 6.61 Å². The van der Waals surface area contributed by atoms with Gasteiger partial charge in [-0.25, -0.2) is 0 Å². The van der Waals surface area contributed by atoms with Crippen molar-refractivity contribution in [1.29, 1.82) is 0 Å². The topological polar surface area (TPSA) is 112 Å². The Morgan fingerprint density at radius 1 is 1.00 bits per heavy atom. The molecule has 0 aromatic rings. The van der Waals surface area contributed by atoms with E-state index in [-0.39, 0.29) is 123 Å². The molecule has 0 heterocycles. The van der Waals surface area contributed by atoms with E-state index >= 15 is 0 Å². The molecule has 0 amide bonds. The summed E-state index contributed by atoms with van der Waals surface area (Å²) in [4.78, 5) is 27.4. The van der Waals surface area contributed by atoms with Gasteiger partial charge in [-0.2, -0.15) is 0 Å². The summed E-state index contributed by atoms with van der Waals surface area (Å²) in [5, 5.41) is 22.1. The first-order chi connectivity index (χ1) is 5.73. The molecule has 0 radical (unpaired) electrons. The van der Waals surface area contributed by atoms with Crippen LogP contribution in [0.4, 0.5) is 0 Å². The molecule has 0 saturated carbocycles. The fourth-order valence-electron chi connectivity index (χ4n) is 0. The third kappa shape index (κ3) is 231. The fraction of sp³-hybridized carbons (Fsp3) is 0.500. The number of aliphatic carboxylic acids is 2. The zero-order chi connectivity index (χ0) is 11.4. The van der Waals surface area contributed by atoms with E-state index in [1.807, 2.05) is 0 Å². The number of rotatable bonds is 1. The monoisotopic (exact) mass is 492 g/mol. The van der Waals surface area contributed by atoms with Crippen molar-refractivity contribution in [3.8, 4) is 0 Å². The molecule has 17 heavy (non-hydrogen) atoms. The molecule has 0 aromatic heterocycles. The first kappa shape index (κ1) is 42.7. The van der Waals surface area contributed by atoms with E-state index in [9.17, 15) is 4.79 Å². The van der Waals surface area contributed by atoms with Crippen molar-refractivity contribution in [3.05, 3.63) is 0 Å². The minimum atomic E-state index is -0.833. The molecule has 0 aliphatic rings. The second-order valence-electron chi connectivity index (χ2n) is 1.59. The maximum Gasteiger partial charge on any atom is 0 e. The first-order valence-corrected chi connectivity index (χ1v) is 3.40. The zero-order valence-electron chi connectivity index (χ0n) is 8.34. The number of halogens is 1. The first-order valence-electron chi connectivity index (χ1n) is 2.95. The van der Waals surface area contributed by atoms with E-state index in [0.29, 0.717) is 0 Å². The van der Waals surface area contributed by atoms with Crippen molar-refractivity contribution in [1.82, 2.24) is 0 Å². The number of aliphatic hydroxyl groups excluding tert-OH is 1. The Morgan fingerprint density at radius 2 is 1.06 bits per heavy atom. The maximum atomic E-state index is 9.43. The summed E-state index contributed by atoms with van der Waals surface area (Å²) >= 11 is 3.21. The minimum absolute atomic E-state index is 0. The largest absolute Gasteiger partial charge is 0 e. The molecular weight excluding hydrogens is 476 g/mol. The van der Waals surface area contributed by atoms with Crippen molar-refractivity contribution in [2.45, 2.75) is 13.8 Å². The van der Waals surface area contributed by atoms with Crippen LogP contribution in [0, 0.1) is 0 Å². The molecule has 0 saturated heterocycles. The molecule has 0 aliphatic heterocycles. The van der Waals surface area contributed by atoms with E-state index in [1.165, 1.54) is 0 Å². The molecule has 0 bridgehead atoms. The van der Waals surface area contributed by atoms with Crippen molar-refractivity contribution in [3.63, 3.8) is 0 Å². The van der Waals surface area contributed by atoms with Gasteiger partial charge < -0.3 is 15.3 Å². The van der Waals surface area contributed by atoms with Gasteiger partial charge in [0.05, 0.1) is 0 Å². The Balaban J connectivity index is -0.0000000159. The summed E-state index contributed by atoms with van der Waals surface area (Å²) < 4.78 is 0. The van der Waals surface area contributed by atoms with E-state index in [0.717, 1.165) is 13.8 Å². The molecule has 0 aromatic carbocycles. The van der Waals surface area contributed by atoms with Gasteiger partial charge in [-0.1, -0.05) is 0 Å². The fourth-order valence-corrected chi connectivity index (χ4v) is 0. The molecule has 0 spiro atoms. The molecule has 0 rings (SSSR count). The predicted octanol–water partition coefficient (Wildman–Crippen LogP) is -1.80. The second kappa shape index (κ2) is 36.4. The number of carbonyl (C=O) groups is 3. The Bertz CT molecular complexity index is 166. The van der Waals surface area contributed by atoms with Gasteiger partial charge in [0.25, 0.3) is 11.9 Å². The normalized spacial score (nSPS) is 5.18. The third-order valence-electron chi connectivity index (χ3n) is 0.135. The van der Waals surface area contributed by atoms with Crippen LogP contribution in [0.15, 0.2) is 0 Å². The Kier molecular flexibility index (Phi) is 91.3. The molecular formula is C6H17ClO6SSr2Zn. The van der Waals surface area contributed by atoms with Crippen LogP contribution < -0.4 is 0 Å². The van der Waals surface area contributed by atoms with E-state index < -0.39 is 23.7 Å². The van der Waals surface area contributed by atoms with Crippen LogP contribution in [0.5, 0.6) is 0 Å². The number of thiol groups is 1. The molecule has 11 heteroatoms. The average Bonchev–Trinajstić information content (AvgIpc) is 1.84. The number of hydrogen-bond acceptors (Lipinski definition) is 4. The van der Waals surface area contributed by atoms with E-state index in [1.54, 1.807) is 0 Å². The standard InChI is InChI=1S/C2H4O2S.2C2H4O2.ClH.2Sr.Zn.4H/c3-1-2(4)5;2*1-2(3)4;;;;;;;;/h3H,1H2,(H,4,5);2*1H3,(H,3,4);1H;;;;;;;. The SMILES string of the molecule is CC(=O)O.CC(=O)O.Cl.O=C(S)CO.[SrH2].[SrH2].[Zn]. The van der Waals surface area contributed by atoms with Crippen LogP contribution in [0.3, 0.4) is 0 Å². The smallest absolute Gasteiger partial charge is 0 e. The molecule has 0 atom stereocenters. The third-order valence-corrected chi connectivity index (χ3v) is 0.277. The van der Waals surface area contributed by atoms with Gasteiger partial charge in [0, 0.05) is 33.3 Å². The number of carboxylic acids is 2. The second-order valence-corrected chi connectivity index (χ2v) is 2.09. The van der Waals surface area contributed by atoms with Gasteiger partial charge >= 0.3 is 91.0 Å². The summed E-state index contributed by atoms with van der Waals surface area (Å²) in [6, 6.07) is 0. The van der Waals surface area contributed by atoms with Gasteiger partial charge in [0.15, 0.2) is 0 Å². The van der Waals surface area contributed by atoms with Crippen LogP contribution in [0.1, 0.15) is 13.8 Å². The Labute approximate surface area is 198 Å². The summed E-state index contributed by atoms with van der Waals surface area (Å²) in [5.74, 6) is -1.67. The van der Waals surface area contributed by atoms with Crippen LogP contribution in [-0.2, 0) is 33.9 Å². The molecule has 0 aliphatic carbocycles. The van der Waals surface area contributed by atoms with Crippen molar-refractivity contribution in [2.24, 2.45) is 0 Å².